The van der Waals surface area contributed by atoms with Gasteiger partial charge in [-0.3, -0.25) is 4.79 Å². The number of aromatic nitrogens is 3. The molecule has 3 rings (SSSR count). The third kappa shape index (κ3) is 3.01. The van der Waals surface area contributed by atoms with Crippen molar-refractivity contribution >= 4 is 5.91 Å². The molecular weight excluding hydrogens is 278 g/mol. The maximum absolute atomic E-state index is 12.5. The van der Waals surface area contributed by atoms with Crippen LogP contribution in [0.25, 0.3) is 5.69 Å². The Morgan fingerprint density at radius 3 is 2.59 bits per heavy atom. The van der Waals surface area contributed by atoms with Gasteiger partial charge in [-0.2, -0.15) is 0 Å². The standard InChI is InChI=1S/C16H21N5O/c1-19-10-8-13(9-11-19)20(2)16(22)15-17-12-21(18-15)14-6-4-3-5-7-14/h3-7,12-13H,8-11H2,1-2H3. The lowest BCUT2D eigenvalue weighted by Gasteiger charge is -2.34. The maximum Gasteiger partial charge on any atom is 0.293 e. The summed E-state index contributed by atoms with van der Waals surface area (Å²) in [4.78, 5) is 20.8. The van der Waals surface area contributed by atoms with Gasteiger partial charge in [0.15, 0.2) is 0 Å². The number of nitrogens with zero attached hydrogens (tertiary/aromatic N) is 5. The Kier molecular flexibility index (Phi) is 4.20. The lowest BCUT2D eigenvalue weighted by Crippen LogP contribution is -2.44. The summed E-state index contributed by atoms with van der Waals surface area (Å²) < 4.78 is 1.63. The molecule has 1 aromatic heterocycles. The molecule has 22 heavy (non-hydrogen) atoms. The maximum atomic E-state index is 12.5. The van der Waals surface area contributed by atoms with Crippen molar-refractivity contribution in [2.45, 2.75) is 18.9 Å². The molecule has 2 heterocycles. The summed E-state index contributed by atoms with van der Waals surface area (Å²) in [6.07, 6.45) is 3.58. The van der Waals surface area contributed by atoms with Gasteiger partial charge in [0.2, 0.25) is 5.82 Å². The molecule has 1 aliphatic heterocycles. The van der Waals surface area contributed by atoms with Crippen molar-refractivity contribution in [2.24, 2.45) is 0 Å². The highest BCUT2D eigenvalue weighted by Crippen LogP contribution is 2.16. The van der Waals surface area contributed by atoms with Crippen LogP contribution < -0.4 is 0 Å². The first-order chi connectivity index (χ1) is 10.6. The lowest BCUT2D eigenvalue weighted by atomic mass is 10.0. The minimum atomic E-state index is -0.107. The summed E-state index contributed by atoms with van der Waals surface area (Å²) in [6, 6.07) is 9.95. The van der Waals surface area contributed by atoms with E-state index >= 15 is 0 Å². The largest absolute Gasteiger partial charge is 0.336 e. The van der Waals surface area contributed by atoms with E-state index in [0.29, 0.717) is 0 Å². The minimum absolute atomic E-state index is 0.107. The van der Waals surface area contributed by atoms with Crippen molar-refractivity contribution in [3.8, 4) is 5.69 Å². The van der Waals surface area contributed by atoms with Crippen LogP contribution >= 0.6 is 0 Å². The SMILES string of the molecule is CN1CCC(N(C)C(=O)c2ncn(-c3ccccc3)n2)CC1. The van der Waals surface area contributed by atoms with Gasteiger partial charge >= 0.3 is 0 Å². The molecule has 0 bridgehead atoms. The fourth-order valence-corrected chi connectivity index (χ4v) is 2.77. The first kappa shape index (κ1) is 14.7. The smallest absolute Gasteiger partial charge is 0.293 e. The van der Waals surface area contributed by atoms with Gasteiger partial charge in [-0.1, -0.05) is 18.2 Å². The number of amides is 1. The third-order valence-electron chi connectivity index (χ3n) is 4.26. The highest BCUT2D eigenvalue weighted by molar-refractivity contribution is 5.90. The summed E-state index contributed by atoms with van der Waals surface area (Å²) >= 11 is 0. The Hall–Kier alpha value is -2.21. The lowest BCUT2D eigenvalue weighted by molar-refractivity contribution is 0.0647. The molecule has 0 saturated carbocycles. The predicted molar refractivity (Wildman–Crippen MR) is 84.0 cm³/mol. The Labute approximate surface area is 130 Å². The van der Waals surface area contributed by atoms with E-state index in [4.69, 9.17) is 0 Å². The van der Waals surface area contributed by atoms with Crippen LogP contribution in [0.2, 0.25) is 0 Å². The van der Waals surface area contributed by atoms with E-state index in [2.05, 4.69) is 22.0 Å². The first-order valence-corrected chi connectivity index (χ1v) is 7.58. The molecule has 2 aromatic rings. The summed E-state index contributed by atoms with van der Waals surface area (Å²) in [5.74, 6) is 0.148. The van der Waals surface area contributed by atoms with Crippen LogP contribution in [0, 0.1) is 0 Å². The molecular formula is C16H21N5O. The van der Waals surface area contributed by atoms with Crippen LogP contribution in [0.15, 0.2) is 36.7 Å². The molecule has 1 amide bonds. The summed E-state index contributed by atoms with van der Waals surface area (Å²) in [6.45, 7) is 2.04. The summed E-state index contributed by atoms with van der Waals surface area (Å²) in [5, 5.41) is 4.32. The van der Waals surface area contributed by atoms with Gasteiger partial charge in [0.25, 0.3) is 5.91 Å². The second-order valence-electron chi connectivity index (χ2n) is 5.80. The zero-order valence-corrected chi connectivity index (χ0v) is 13.0. The minimum Gasteiger partial charge on any atom is -0.336 e. The Bertz CT molecular complexity index is 631. The highest BCUT2D eigenvalue weighted by Gasteiger charge is 2.26. The van der Waals surface area contributed by atoms with Gasteiger partial charge < -0.3 is 9.80 Å². The van der Waals surface area contributed by atoms with Gasteiger partial charge in [0, 0.05) is 13.1 Å². The van der Waals surface area contributed by atoms with Crippen LogP contribution in [0.4, 0.5) is 0 Å². The van der Waals surface area contributed by atoms with Crippen molar-refractivity contribution in [3.63, 3.8) is 0 Å². The second kappa shape index (κ2) is 6.27. The number of rotatable bonds is 3. The van der Waals surface area contributed by atoms with E-state index < -0.39 is 0 Å². The summed E-state index contributed by atoms with van der Waals surface area (Å²) in [5.41, 5.74) is 0.899. The van der Waals surface area contributed by atoms with Crippen LogP contribution in [0.1, 0.15) is 23.5 Å². The average Bonchev–Trinajstić information content (AvgIpc) is 3.05. The van der Waals surface area contributed by atoms with Gasteiger partial charge in [0.05, 0.1) is 5.69 Å². The van der Waals surface area contributed by atoms with Crippen LogP contribution in [0.3, 0.4) is 0 Å². The third-order valence-corrected chi connectivity index (χ3v) is 4.26. The average molecular weight is 299 g/mol. The number of carbonyl (C=O) groups excluding carboxylic acids is 1. The molecule has 1 fully saturated rings. The van der Waals surface area contributed by atoms with Crippen LogP contribution in [-0.4, -0.2) is 63.7 Å². The number of carbonyl (C=O) groups is 1. The Balaban J connectivity index is 1.71. The van der Waals surface area contributed by atoms with E-state index in [-0.39, 0.29) is 17.8 Å². The van der Waals surface area contributed by atoms with Gasteiger partial charge in [-0.15, -0.1) is 5.10 Å². The second-order valence-corrected chi connectivity index (χ2v) is 5.80. The van der Waals surface area contributed by atoms with Crippen molar-refractivity contribution in [3.05, 3.63) is 42.5 Å². The molecule has 1 aliphatic rings. The molecule has 6 nitrogen and oxygen atoms in total. The highest BCUT2D eigenvalue weighted by atomic mass is 16.2. The fraction of sp³-hybridized carbons (Fsp3) is 0.438. The molecule has 0 radical (unpaired) electrons. The molecule has 0 atom stereocenters. The normalized spacial score (nSPS) is 16.6. The summed E-state index contributed by atoms with van der Waals surface area (Å²) in [7, 11) is 3.96. The molecule has 1 saturated heterocycles. The van der Waals surface area contributed by atoms with E-state index in [0.717, 1.165) is 31.6 Å². The number of benzene rings is 1. The molecule has 0 N–H and O–H groups in total. The van der Waals surface area contributed by atoms with Crippen LogP contribution in [0.5, 0.6) is 0 Å². The van der Waals surface area contributed by atoms with Crippen LogP contribution in [-0.2, 0) is 0 Å². The van der Waals surface area contributed by atoms with E-state index in [9.17, 15) is 4.79 Å². The quantitative estimate of drug-likeness (QED) is 0.860. The first-order valence-electron chi connectivity index (χ1n) is 7.58. The van der Waals surface area contributed by atoms with Crippen molar-refractivity contribution in [2.75, 3.05) is 27.2 Å². The molecule has 0 aliphatic carbocycles. The van der Waals surface area contributed by atoms with Gasteiger partial charge in [-0.25, -0.2) is 9.67 Å². The predicted octanol–water partition coefficient (Wildman–Crippen LogP) is 1.43. The Morgan fingerprint density at radius 2 is 1.91 bits per heavy atom. The van der Waals surface area contributed by atoms with Gasteiger partial charge in [0.1, 0.15) is 6.33 Å². The van der Waals surface area contributed by atoms with Crippen molar-refractivity contribution < 1.29 is 4.79 Å². The van der Waals surface area contributed by atoms with Crippen molar-refractivity contribution in [1.82, 2.24) is 24.6 Å². The topological polar surface area (TPSA) is 54.3 Å². The van der Waals surface area contributed by atoms with Crippen molar-refractivity contribution in [1.29, 1.82) is 0 Å². The zero-order chi connectivity index (χ0) is 15.5. The molecule has 0 spiro atoms. The molecule has 0 unspecified atom stereocenters. The fourth-order valence-electron chi connectivity index (χ4n) is 2.77. The molecule has 116 valence electrons. The Morgan fingerprint density at radius 1 is 1.23 bits per heavy atom. The number of hydrogen-bond acceptors (Lipinski definition) is 4. The molecule has 6 heteroatoms. The van der Waals surface area contributed by atoms with E-state index in [1.807, 2.05) is 37.4 Å². The number of para-hydroxylation sites is 1. The molecule has 1 aromatic carbocycles. The number of likely N-dealkylation sites (tertiary alicyclic amines) is 1. The van der Waals surface area contributed by atoms with Gasteiger partial charge in [-0.05, 0) is 45.1 Å². The number of piperidine rings is 1. The zero-order valence-electron chi connectivity index (χ0n) is 13.0. The van der Waals surface area contributed by atoms with E-state index in [1.54, 1.807) is 15.9 Å². The number of hydrogen-bond donors (Lipinski definition) is 0. The monoisotopic (exact) mass is 299 g/mol. The van der Waals surface area contributed by atoms with E-state index in [1.165, 1.54) is 0 Å².